The number of morpholine rings is 1. The van der Waals surface area contributed by atoms with Gasteiger partial charge in [0.25, 0.3) is 5.91 Å². The number of rotatable bonds is 6. The molecule has 3 aromatic rings. The van der Waals surface area contributed by atoms with Crippen LogP contribution in [0, 0.1) is 13.8 Å². The van der Waals surface area contributed by atoms with Gasteiger partial charge in [-0.25, -0.2) is 13.4 Å². The predicted molar refractivity (Wildman–Crippen MR) is 128 cm³/mol. The summed E-state index contributed by atoms with van der Waals surface area (Å²) in [4.78, 5) is 22.3. The highest BCUT2D eigenvalue weighted by Crippen LogP contribution is 2.32. The number of nitrogens with zero attached hydrogens (tertiary/aromatic N) is 3. The molecule has 0 aliphatic carbocycles. The van der Waals surface area contributed by atoms with Gasteiger partial charge in [-0.3, -0.25) is 14.6 Å². The SMILES string of the molecule is Cc1cc2nc(N(CCN3CCOCC3)C(=O)c3ccccc3S(C)(=O)=O)sc2cc1C. The Bertz CT molecular complexity index is 1210. The molecule has 1 aliphatic rings. The molecule has 0 N–H and O–H groups in total. The second-order valence-electron chi connectivity index (χ2n) is 8.08. The Labute approximate surface area is 192 Å². The number of aryl methyl sites for hydroxylation is 2. The normalized spacial score (nSPS) is 15.2. The van der Waals surface area contributed by atoms with Gasteiger partial charge in [-0.1, -0.05) is 23.5 Å². The fraction of sp³-hybridized carbons (Fsp3) is 0.391. The van der Waals surface area contributed by atoms with Gasteiger partial charge in [-0.2, -0.15) is 0 Å². The standard InChI is InChI=1S/C23H27N3O4S2/c1-16-14-19-20(15-17(16)2)31-23(24-19)26(9-8-25-10-12-30-13-11-25)22(27)18-6-4-5-7-21(18)32(3,28)29/h4-7,14-15H,8-13H2,1-3H3. The summed E-state index contributed by atoms with van der Waals surface area (Å²) in [6, 6.07) is 10.5. The lowest BCUT2D eigenvalue weighted by molar-refractivity contribution is 0.0391. The number of fused-ring (bicyclic) bond motifs is 1. The summed E-state index contributed by atoms with van der Waals surface area (Å²) in [5.74, 6) is -0.355. The van der Waals surface area contributed by atoms with Crippen LogP contribution in [0.25, 0.3) is 10.2 Å². The number of hydrogen-bond donors (Lipinski definition) is 0. The van der Waals surface area contributed by atoms with E-state index in [2.05, 4.69) is 17.9 Å². The van der Waals surface area contributed by atoms with Gasteiger partial charge < -0.3 is 4.74 Å². The lowest BCUT2D eigenvalue weighted by Crippen LogP contribution is -2.43. The molecular weight excluding hydrogens is 446 g/mol. The van der Waals surface area contributed by atoms with E-state index in [0.717, 1.165) is 35.1 Å². The molecule has 7 nitrogen and oxygen atoms in total. The van der Waals surface area contributed by atoms with E-state index in [9.17, 15) is 13.2 Å². The maximum atomic E-state index is 13.7. The van der Waals surface area contributed by atoms with Crippen molar-refractivity contribution in [2.24, 2.45) is 0 Å². The number of carbonyl (C=O) groups excluding carboxylic acids is 1. The van der Waals surface area contributed by atoms with Crippen LogP contribution in [0.2, 0.25) is 0 Å². The average Bonchev–Trinajstić information content (AvgIpc) is 3.16. The summed E-state index contributed by atoms with van der Waals surface area (Å²) in [6.45, 7) is 8.11. The van der Waals surface area contributed by atoms with Crippen LogP contribution in [0.15, 0.2) is 41.3 Å². The molecule has 1 amide bonds. The Balaban J connectivity index is 1.73. The molecular formula is C23H27N3O4S2. The number of sulfone groups is 1. The van der Waals surface area contributed by atoms with Crippen molar-refractivity contribution in [3.8, 4) is 0 Å². The maximum absolute atomic E-state index is 13.7. The van der Waals surface area contributed by atoms with E-state index in [0.29, 0.717) is 31.4 Å². The molecule has 2 heterocycles. The minimum atomic E-state index is -3.56. The van der Waals surface area contributed by atoms with Crippen LogP contribution in [0.3, 0.4) is 0 Å². The zero-order valence-electron chi connectivity index (χ0n) is 18.5. The molecule has 170 valence electrons. The Morgan fingerprint density at radius 1 is 1.16 bits per heavy atom. The largest absolute Gasteiger partial charge is 0.379 e. The minimum absolute atomic E-state index is 0.0363. The first-order valence-electron chi connectivity index (χ1n) is 10.5. The number of hydrogen-bond acceptors (Lipinski definition) is 7. The van der Waals surface area contributed by atoms with Crippen molar-refractivity contribution in [1.29, 1.82) is 0 Å². The molecule has 4 rings (SSSR count). The summed E-state index contributed by atoms with van der Waals surface area (Å²) >= 11 is 1.45. The van der Waals surface area contributed by atoms with E-state index >= 15 is 0 Å². The summed E-state index contributed by atoms with van der Waals surface area (Å²) in [5, 5.41) is 0.576. The summed E-state index contributed by atoms with van der Waals surface area (Å²) in [5.41, 5.74) is 3.32. The molecule has 32 heavy (non-hydrogen) atoms. The van der Waals surface area contributed by atoms with Crippen molar-refractivity contribution >= 4 is 42.4 Å². The van der Waals surface area contributed by atoms with Crippen molar-refractivity contribution in [3.05, 3.63) is 53.1 Å². The van der Waals surface area contributed by atoms with Crippen LogP contribution < -0.4 is 4.90 Å². The van der Waals surface area contributed by atoms with Gasteiger partial charge in [-0.05, 0) is 49.2 Å². The zero-order valence-corrected chi connectivity index (χ0v) is 20.1. The first kappa shape index (κ1) is 22.8. The van der Waals surface area contributed by atoms with Gasteiger partial charge in [0, 0.05) is 32.4 Å². The number of aromatic nitrogens is 1. The number of benzene rings is 2. The topological polar surface area (TPSA) is 79.8 Å². The molecule has 1 aliphatic heterocycles. The van der Waals surface area contributed by atoms with Crippen molar-refractivity contribution in [3.63, 3.8) is 0 Å². The fourth-order valence-corrected chi connectivity index (χ4v) is 5.70. The first-order valence-corrected chi connectivity index (χ1v) is 13.2. The third-order valence-corrected chi connectivity index (χ3v) is 7.93. The van der Waals surface area contributed by atoms with Gasteiger partial charge >= 0.3 is 0 Å². The van der Waals surface area contributed by atoms with Crippen LogP contribution in [0.5, 0.6) is 0 Å². The van der Waals surface area contributed by atoms with E-state index in [4.69, 9.17) is 9.72 Å². The lowest BCUT2D eigenvalue weighted by Gasteiger charge is -2.29. The molecule has 0 unspecified atom stereocenters. The Hall–Kier alpha value is -2.33. The Morgan fingerprint density at radius 3 is 2.56 bits per heavy atom. The lowest BCUT2D eigenvalue weighted by atomic mass is 10.1. The molecule has 0 spiro atoms. The van der Waals surface area contributed by atoms with Crippen LogP contribution >= 0.6 is 11.3 Å². The van der Waals surface area contributed by atoms with Gasteiger partial charge in [-0.15, -0.1) is 0 Å². The summed E-state index contributed by atoms with van der Waals surface area (Å²) in [6.07, 6.45) is 1.13. The molecule has 0 radical (unpaired) electrons. The Kier molecular flexibility index (Phi) is 6.62. The van der Waals surface area contributed by atoms with E-state index in [1.165, 1.54) is 23.0 Å². The summed E-state index contributed by atoms with van der Waals surface area (Å²) in [7, 11) is -3.56. The molecule has 0 saturated carbocycles. The quantitative estimate of drug-likeness (QED) is 0.547. The molecule has 9 heteroatoms. The van der Waals surface area contributed by atoms with Gasteiger partial charge in [0.15, 0.2) is 15.0 Å². The number of ether oxygens (including phenoxy) is 1. The molecule has 0 atom stereocenters. The van der Waals surface area contributed by atoms with Crippen LogP contribution in [0.4, 0.5) is 5.13 Å². The van der Waals surface area contributed by atoms with E-state index < -0.39 is 9.84 Å². The minimum Gasteiger partial charge on any atom is -0.379 e. The number of amides is 1. The fourth-order valence-electron chi connectivity index (χ4n) is 3.75. The maximum Gasteiger partial charge on any atom is 0.261 e. The van der Waals surface area contributed by atoms with Gasteiger partial charge in [0.05, 0.1) is 33.9 Å². The molecule has 1 fully saturated rings. The monoisotopic (exact) mass is 473 g/mol. The molecule has 1 aromatic heterocycles. The van der Waals surface area contributed by atoms with Crippen molar-refractivity contribution in [1.82, 2.24) is 9.88 Å². The highest BCUT2D eigenvalue weighted by atomic mass is 32.2. The van der Waals surface area contributed by atoms with E-state index in [-0.39, 0.29) is 16.4 Å². The predicted octanol–water partition coefficient (Wildman–Crippen LogP) is 3.30. The van der Waals surface area contributed by atoms with Crippen LogP contribution in [-0.4, -0.2) is 69.9 Å². The second-order valence-corrected chi connectivity index (χ2v) is 11.1. The Morgan fingerprint density at radius 2 is 1.84 bits per heavy atom. The zero-order chi connectivity index (χ0) is 22.9. The third kappa shape index (κ3) is 4.85. The van der Waals surface area contributed by atoms with Crippen molar-refractivity contribution in [2.75, 3.05) is 50.5 Å². The van der Waals surface area contributed by atoms with Crippen LogP contribution in [0.1, 0.15) is 21.5 Å². The van der Waals surface area contributed by atoms with Crippen LogP contribution in [-0.2, 0) is 14.6 Å². The second kappa shape index (κ2) is 9.27. The highest BCUT2D eigenvalue weighted by Gasteiger charge is 2.27. The van der Waals surface area contributed by atoms with E-state index in [1.807, 2.05) is 13.0 Å². The van der Waals surface area contributed by atoms with Gasteiger partial charge in [0.2, 0.25) is 0 Å². The first-order chi connectivity index (χ1) is 15.2. The number of carbonyl (C=O) groups is 1. The molecule has 2 aromatic carbocycles. The molecule has 0 bridgehead atoms. The van der Waals surface area contributed by atoms with E-state index in [1.54, 1.807) is 23.1 Å². The average molecular weight is 474 g/mol. The van der Waals surface area contributed by atoms with Crippen molar-refractivity contribution in [2.45, 2.75) is 18.7 Å². The summed E-state index contributed by atoms with van der Waals surface area (Å²) < 4.78 is 31.1. The number of thiazole rings is 1. The third-order valence-electron chi connectivity index (χ3n) is 5.73. The number of anilines is 1. The smallest absolute Gasteiger partial charge is 0.261 e. The van der Waals surface area contributed by atoms with Crippen molar-refractivity contribution < 1.29 is 17.9 Å². The van der Waals surface area contributed by atoms with Gasteiger partial charge in [0.1, 0.15) is 0 Å². The molecule has 1 saturated heterocycles. The highest BCUT2D eigenvalue weighted by molar-refractivity contribution is 7.90.